The number of aliphatic hydroxyl groups is 2. The number of aliphatic hydroxyl groups excluding tert-OH is 2. The molecule has 4 atom stereocenters. The van der Waals surface area contributed by atoms with Crippen molar-refractivity contribution in [3.05, 3.63) is 0 Å². The summed E-state index contributed by atoms with van der Waals surface area (Å²) in [6, 6.07) is 0. The van der Waals surface area contributed by atoms with Gasteiger partial charge in [0.2, 0.25) is 0 Å². The van der Waals surface area contributed by atoms with E-state index in [0.29, 0.717) is 31.4 Å². The monoisotopic (exact) mass is 248 g/mol. The molecular weight excluding hydrogens is 229 g/mol. The van der Waals surface area contributed by atoms with Crippen molar-refractivity contribution in [1.82, 2.24) is 4.90 Å². The molecular formula is C10H19NO4P+. The lowest BCUT2D eigenvalue weighted by Crippen LogP contribution is -2.43. The molecule has 2 aliphatic rings. The summed E-state index contributed by atoms with van der Waals surface area (Å²) in [5.74, 6) is 0. The van der Waals surface area contributed by atoms with Gasteiger partial charge in [0, 0.05) is 19.6 Å². The molecule has 6 heteroatoms. The standard InChI is InChI=1S/C10H19NO4P/c12-5-1-6-16(14)7-4-11-9(13)3-2-8-10(11)15-8/h8-10,12-13H,1-7H2/q+1. The van der Waals surface area contributed by atoms with E-state index in [1.54, 1.807) is 0 Å². The molecule has 0 aromatic rings. The van der Waals surface area contributed by atoms with Crippen LogP contribution >= 0.6 is 7.80 Å². The Balaban J connectivity index is 1.70. The van der Waals surface area contributed by atoms with Gasteiger partial charge in [-0.1, -0.05) is 4.57 Å². The molecule has 0 radical (unpaired) electrons. The molecule has 2 N–H and O–H groups in total. The maximum Gasteiger partial charge on any atom is 0.340 e. The summed E-state index contributed by atoms with van der Waals surface area (Å²) < 4.78 is 17.0. The number of epoxide rings is 1. The fourth-order valence-electron chi connectivity index (χ4n) is 2.15. The first kappa shape index (κ1) is 12.4. The minimum absolute atomic E-state index is 0.0602. The van der Waals surface area contributed by atoms with Gasteiger partial charge in [0.05, 0.1) is 6.10 Å². The third-order valence-electron chi connectivity index (χ3n) is 3.15. The maximum absolute atomic E-state index is 11.6. The zero-order valence-electron chi connectivity index (χ0n) is 9.29. The van der Waals surface area contributed by atoms with Crippen LogP contribution in [0.15, 0.2) is 0 Å². The van der Waals surface area contributed by atoms with E-state index in [2.05, 4.69) is 0 Å². The maximum atomic E-state index is 11.6. The second kappa shape index (κ2) is 5.52. The Kier molecular flexibility index (Phi) is 4.27. The second-order valence-corrected chi connectivity index (χ2v) is 6.23. The lowest BCUT2D eigenvalue weighted by Gasteiger charge is -2.27. The van der Waals surface area contributed by atoms with Gasteiger partial charge in [0.15, 0.2) is 6.16 Å². The quantitative estimate of drug-likeness (QED) is 0.523. The molecule has 0 saturated carbocycles. The smallest absolute Gasteiger partial charge is 0.340 e. The summed E-state index contributed by atoms with van der Waals surface area (Å²) in [5.41, 5.74) is 0. The van der Waals surface area contributed by atoms with Crippen LogP contribution in [0.1, 0.15) is 19.3 Å². The minimum atomic E-state index is -1.25. The Morgan fingerprint density at radius 1 is 1.38 bits per heavy atom. The average Bonchev–Trinajstić information content (AvgIpc) is 3.04. The molecule has 0 aliphatic carbocycles. The highest BCUT2D eigenvalue weighted by Crippen LogP contribution is 2.37. The van der Waals surface area contributed by atoms with Crippen molar-refractivity contribution in [2.75, 3.05) is 25.5 Å². The number of nitrogens with zero attached hydrogens (tertiary/aromatic N) is 1. The Morgan fingerprint density at radius 2 is 2.19 bits per heavy atom. The fraction of sp³-hybridized carbons (Fsp3) is 1.00. The first-order valence-corrected chi connectivity index (χ1v) is 7.47. The van der Waals surface area contributed by atoms with Crippen LogP contribution in [-0.4, -0.2) is 59.1 Å². The van der Waals surface area contributed by atoms with Gasteiger partial charge in [0.25, 0.3) is 0 Å². The van der Waals surface area contributed by atoms with Gasteiger partial charge in [0.1, 0.15) is 18.6 Å². The Labute approximate surface area is 96.2 Å². The Bertz CT molecular complexity index is 261. The lowest BCUT2D eigenvalue weighted by atomic mass is 10.1. The van der Waals surface area contributed by atoms with E-state index in [1.165, 1.54) is 0 Å². The van der Waals surface area contributed by atoms with Crippen LogP contribution in [0.2, 0.25) is 0 Å². The van der Waals surface area contributed by atoms with Gasteiger partial charge in [-0.05, 0) is 12.8 Å². The van der Waals surface area contributed by atoms with E-state index < -0.39 is 14.0 Å². The highest BCUT2D eigenvalue weighted by molar-refractivity contribution is 7.44. The van der Waals surface area contributed by atoms with Gasteiger partial charge < -0.3 is 14.9 Å². The minimum Gasteiger partial charge on any atom is -0.396 e. The van der Waals surface area contributed by atoms with Crippen LogP contribution in [0.4, 0.5) is 0 Å². The highest BCUT2D eigenvalue weighted by Gasteiger charge is 2.49. The molecule has 2 heterocycles. The van der Waals surface area contributed by atoms with E-state index >= 15 is 0 Å². The summed E-state index contributed by atoms with van der Waals surface area (Å²) in [5, 5.41) is 18.4. The van der Waals surface area contributed by atoms with Crippen molar-refractivity contribution >= 4 is 7.80 Å². The predicted molar refractivity (Wildman–Crippen MR) is 59.7 cm³/mol. The van der Waals surface area contributed by atoms with Gasteiger partial charge in [-0.2, -0.15) is 0 Å². The Morgan fingerprint density at radius 3 is 2.94 bits per heavy atom. The van der Waals surface area contributed by atoms with Crippen LogP contribution in [-0.2, 0) is 9.30 Å². The summed E-state index contributed by atoms with van der Waals surface area (Å²) in [4.78, 5) is 1.90. The normalized spacial score (nSPS) is 34.6. The second-order valence-electron chi connectivity index (χ2n) is 4.37. The van der Waals surface area contributed by atoms with Crippen molar-refractivity contribution in [1.29, 1.82) is 0 Å². The highest BCUT2D eigenvalue weighted by atomic mass is 31.1. The molecule has 0 aromatic heterocycles. The molecule has 0 bridgehead atoms. The van der Waals surface area contributed by atoms with E-state index in [0.717, 1.165) is 12.8 Å². The molecule has 2 rings (SSSR count). The third-order valence-corrected chi connectivity index (χ3v) is 4.66. The molecule has 92 valence electrons. The van der Waals surface area contributed by atoms with E-state index in [9.17, 15) is 9.67 Å². The van der Waals surface area contributed by atoms with Crippen LogP contribution in [0.5, 0.6) is 0 Å². The Hall–Kier alpha value is -0.0600. The van der Waals surface area contributed by atoms with Gasteiger partial charge in [-0.25, -0.2) is 4.90 Å². The van der Waals surface area contributed by atoms with Crippen LogP contribution < -0.4 is 0 Å². The van der Waals surface area contributed by atoms with Crippen molar-refractivity contribution < 1.29 is 19.5 Å². The largest absolute Gasteiger partial charge is 0.396 e. The third kappa shape index (κ3) is 2.99. The zero-order valence-corrected chi connectivity index (χ0v) is 10.2. The fourth-order valence-corrected chi connectivity index (χ4v) is 3.32. The van der Waals surface area contributed by atoms with Gasteiger partial charge in [-0.3, -0.25) is 0 Å². The molecule has 16 heavy (non-hydrogen) atoms. The number of ether oxygens (including phenoxy) is 1. The predicted octanol–water partition coefficient (Wildman–Crippen LogP) is 0.335. The van der Waals surface area contributed by atoms with Gasteiger partial charge in [-0.15, -0.1) is 0 Å². The zero-order chi connectivity index (χ0) is 11.5. The first-order chi connectivity index (χ1) is 7.72. The number of hydrogen-bond acceptors (Lipinski definition) is 5. The van der Waals surface area contributed by atoms with Crippen molar-refractivity contribution in [3.63, 3.8) is 0 Å². The topological polar surface area (TPSA) is 73.3 Å². The molecule has 0 amide bonds. The lowest BCUT2D eigenvalue weighted by molar-refractivity contribution is -0.0316. The number of hydrogen-bond donors (Lipinski definition) is 2. The first-order valence-electron chi connectivity index (χ1n) is 5.84. The molecule has 2 saturated heterocycles. The molecule has 4 unspecified atom stereocenters. The number of rotatable bonds is 6. The number of fused-ring (bicyclic) bond motifs is 1. The van der Waals surface area contributed by atoms with Crippen molar-refractivity contribution in [2.24, 2.45) is 0 Å². The number of piperidine rings is 1. The van der Waals surface area contributed by atoms with Crippen LogP contribution in [0, 0.1) is 0 Å². The van der Waals surface area contributed by atoms with Crippen molar-refractivity contribution in [3.8, 4) is 0 Å². The van der Waals surface area contributed by atoms with E-state index in [-0.39, 0.29) is 12.8 Å². The van der Waals surface area contributed by atoms with E-state index in [1.807, 2.05) is 4.90 Å². The van der Waals surface area contributed by atoms with Crippen molar-refractivity contribution in [2.45, 2.75) is 37.8 Å². The molecule has 0 spiro atoms. The molecule has 5 nitrogen and oxygen atoms in total. The average molecular weight is 248 g/mol. The summed E-state index contributed by atoms with van der Waals surface area (Å²) in [6.07, 6.45) is 3.34. The summed E-state index contributed by atoms with van der Waals surface area (Å²) >= 11 is 0. The molecule has 0 aromatic carbocycles. The van der Waals surface area contributed by atoms with E-state index in [4.69, 9.17) is 9.84 Å². The summed E-state index contributed by atoms with van der Waals surface area (Å²) in [6.45, 7) is 0.726. The number of likely N-dealkylation sites (tertiary alicyclic amines) is 1. The molecule has 2 fully saturated rings. The van der Waals surface area contributed by atoms with Crippen LogP contribution in [0.3, 0.4) is 0 Å². The SMILES string of the molecule is O=[P+](CCCO)CCN1C(O)CCC2OC21. The molecule has 2 aliphatic heterocycles. The van der Waals surface area contributed by atoms with Gasteiger partial charge >= 0.3 is 7.80 Å². The summed E-state index contributed by atoms with van der Waals surface area (Å²) in [7, 11) is -1.25. The van der Waals surface area contributed by atoms with Crippen LogP contribution in [0.25, 0.3) is 0 Å².